The summed E-state index contributed by atoms with van der Waals surface area (Å²) >= 11 is 0. The lowest BCUT2D eigenvalue weighted by atomic mass is 9.85. The van der Waals surface area contributed by atoms with Gasteiger partial charge in [-0.2, -0.15) is 13.2 Å². The molecule has 1 fully saturated rings. The number of amides is 1. The Kier molecular flexibility index (Phi) is 5.40. The maximum atomic E-state index is 13.0. The first-order valence-corrected chi connectivity index (χ1v) is 9.51. The van der Waals surface area contributed by atoms with Crippen LogP contribution in [0, 0.1) is 5.92 Å². The fraction of sp³-hybridized carbons (Fsp3) is 0.833. The van der Waals surface area contributed by atoms with Crippen LogP contribution in [0.1, 0.15) is 70.4 Å². The third-order valence-electron chi connectivity index (χ3n) is 5.21. The van der Waals surface area contributed by atoms with Crippen molar-refractivity contribution in [2.45, 2.75) is 89.6 Å². The van der Waals surface area contributed by atoms with E-state index in [-0.39, 0.29) is 24.8 Å². The largest absolute Gasteiger partial charge is 0.444 e. The maximum absolute atomic E-state index is 13.0. The predicted molar refractivity (Wildman–Crippen MR) is 92.3 cm³/mol. The van der Waals surface area contributed by atoms with E-state index in [1.54, 1.807) is 0 Å². The predicted octanol–water partition coefficient (Wildman–Crippen LogP) is 3.95. The Hall–Kier alpha value is -1.80. The average molecular weight is 388 g/mol. The molecule has 0 aromatic carbocycles. The Balaban J connectivity index is 1.64. The number of hydrogen-bond acceptors (Lipinski definition) is 4. The van der Waals surface area contributed by atoms with Crippen LogP contribution in [0.15, 0.2) is 0 Å². The van der Waals surface area contributed by atoms with Gasteiger partial charge in [-0.1, -0.05) is 6.42 Å². The highest BCUT2D eigenvalue weighted by atomic mass is 19.4. The molecule has 0 saturated heterocycles. The SMILES string of the molecule is CC(C)(C)OC(=O)N[C@@H]1CCC[C@H](c2nnc3n2CCC(C(F)(F)F)C3)C1. The minimum absolute atomic E-state index is 0.0296. The molecule has 0 bridgehead atoms. The van der Waals surface area contributed by atoms with Gasteiger partial charge in [0.25, 0.3) is 0 Å². The molecular weight excluding hydrogens is 361 g/mol. The second-order valence-corrected chi connectivity index (χ2v) is 8.56. The summed E-state index contributed by atoms with van der Waals surface area (Å²) in [4.78, 5) is 12.0. The molecule has 0 radical (unpaired) electrons. The Morgan fingerprint density at radius 2 is 1.93 bits per heavy atom. The van der Waals surface area contributed by atoms with Crippen LogP contribution in [-0.2, 0) is 17.7 Å². The molecule has 3 atom stereocenters. The molecule has 1 N–H and O–H groups in total. The minimum Gasteiger partial charge on any atom is -0.444 e. The van der Waals surface area contributed by atoms with E-state index in [1.807, 2.05) is 25.3 Å². The highest BCUT2D eigenvalue weighted by Crippen LogP contribution is 2.38. The molecule has 1 aromatic heterocycles. The van der Waals surface area contributed by atoms with E-state index in [9.17, 15) is 18.0 Å². The van der Waals surface area contributed by atoms with Crippen molar-refractivity contribution in [3.8, 4) is 0 Å². The number of aromatic nitrogens is 3. The van der Waals surface area contributed by atoms with E-state index >= 15 is 0 Å². The number of ether oxygens (including phenoxy) is 1. The van der Waals surface area contributed by atoms with Gasteiger partial charge in [0.15, 0.2) is 0 Å². The number of hydrogen-bond donors (Lipinski definition) is 1. The van der Waals surface area contributed by atoms with Crippen LogP contribution in [0.2, 0.25) is 0 Å². The van der Waals surface area contributed by atoms with Crippen LogP contribution >= 0.6 is 0 Å². The van der Waals surface area contributed by atoms with Gasteiger partial charge in [0.05, 0.1) is 5.92 Å². The van der Waals surface area contributed by atoms with Crippen LogP contribution in [0.4, 0.5) is 18.0 Å². The molecule has 1 aromatic rings. The van der Waals surface area contributed by atoms with Gasteiger partial charge in [-0.25, -0.2) is 4.79 Å². The number of alkyl carbamates (subject to hydrolysis) is 1. The lowest BCUT2D eigenvalue weighted by Crippen LogP contribution is -2.41. The molecule has 152 valence electrons. The van der Waals surface area contributed by atoms with E-state index in [1.165, 1.54) is 0 Å². The van der Waals surface area contributed by atoms with Crippen molar-refractivity contribution >= 4 is 6.09 Å². The highest BCUT2D eigenvalue weighted by molar-refractivity contribution is 5.68. The van der Waals surface area contributed by atoms with Crippen molar-refractivity contribution in [2.24, 2.45) is 5.92 Å². The first-order chi connectivity index (χ1) is 12.5. The van der Waals surface area contributed by atoms with Gasteiger partial charge in [0.2, 0.25) is 0 Å². The number of nitrogens with one attached hydrogen (secondary N) is 1. The van der Waals surface area contributed by atoms with Gasteiger partial charge in [-0.05, 0) is 46.5 Å². The molecule has 2 aliphatic rings. The number of fused-ring (bicyclic) bond motifs is 1. The van der Waals surface area contributed by atoms with Gasteiger partial charge >= 0.3 is 12.3 Å². The summed E-state index contributed by atoms with van der Waals surface area (Å²) in [5.74, 6) is -0.0838. The Morgan fingerprint density at radius 3 is 2.59 bits per heavy atom. The lowest BCUT2D eigenvalue weighted by molar-refractivity contribution is -0.179. The zero-order valence-corrected chi connectivity index (χ0v) is 16.0. The summed E-state index contributed by atoms with van der Waals surface area (Å²) in [5.41, 5.74) is -0.556. The van der Waals surface area contributed by atoms with Crippen molar-refractivity contribution in [1.29, 1.82) is 0 Å². The van der Waals surface area contributed by atoms with Gasteiger partial charge < -0.3 is 14.6 Å². The third kappa shape index (κ3) is 4.93. The second kappa shape index (κ2) is 7.31. The monoisotopic (exact) mass is 388 g/mol. The van der Waals surface area contributed by atoms with Crippen LogP contribution < -0.4 is 5.32 Å². The van der Waals surface area contributed by atoms with E-state index in [0.717, 1.165) is 25.1 Å². The summed E-state index contributed by atoms with van der Waals surface area (Å²) in [7, 11) is 0. The summed E-state index contributed by atoms with van der Waals surface area (Å²) in [5, 5.41) is 11.2. The van der Waals surface area contributed by atoms with Crippen molar-refractivity contribution < 1.29 is 22.7 Å². The lowest BCUT2D eigenvalue weighted by Gasteiger charge is -2.31. The third-order valence-corrected chi connectivity index (χ3v) is 5.21. The van der Waals surface area contributed by atoms with Gasteiger partial charge in [0, 0.05) is 24.9 Å². The summed E-state index contributed by atoms with van der Waals surface area (Å²) in [6.07, 6.45) is -1.32. The zero-order valence-electron chi connectivity index (χ0n) is 16.0. The fourth-order valence-corrected chi connectivity index (χ4v) is 3.96. The van der Waals surface area contributed by atoms with Crippen molar-refractivity contribution in [2.75, 3.05) is 0 Å². The van der Waals surface area contributed by atoms with Crippen LogP contribution in [0.3, 0.4) is 0 Å². The molecule has 1 amide bonds. The van der Waals surface area contributed by atoms with Crippen LogP contribution in [-0.4, -0.2) is 38.7 Å². The number of alkyl halides is 3. The standard InChI is InChI=1S/C18H27F3N4O2/c1-17(2,3)27-16(26)22-13-6-4-5-11(9-13)15-24-23-14-10-12(18(19,20)21)7-8-25(14)15/h11-13H,4-10H2,1-3H3,(H,22,26)/t11-,12?,13+/m0/s1. The average Bonchev–Trinajstić information content (AvgIpc) is 2.95. The summed E-state index contributed by atoms with van der Waals surface area (Å²) < 4.78 is 46.1. The number of nitrogens with zero attached hydrogens (tertiary/aromatic N) is 3. The molecular formula is C18H27F3N4O2. The van der Waals surface area contributed by atoms with Crippen LogP contribution in [0.25, 0.3) is 0 Å². The molecule has 1 saturated carbocycles. The first-order valence-electron chi connectivity index (χ1n) is 9.51. The summed E-state index contributed by atoms with van der Waals surface area (Å²) in [6.45, 7) is 5.73. The number of carbonyl (C=O) groups is 1. The molecule has 2 heterocycles. The second-order valence-electron chi connectivity index (χ2n) is 8.56. The normalized spacial score (nSPS) is 26.4. The zero-order chi connectivity index (χ0) is 19.8. The smallest absolute Gasteiger partial charge is 0.407 e. The van der Waals surface area contributed by atoms with Crippen molar-refractivity contribution in [3.63, 3.8) is 0 Å². The van der Waals surface area contributed by atoms with Gasteiger partial charge in [0.1, 0.15) is 17.2 Å². The number of halogens is 3. The first kappa shape index (κ1) is 19.9. The topological polar surface area (TPSA) is 69.0 Å². The Bertz CT molecular complexity index is 681. The molecule has 1 aliphatic carbocycles. The number of carbonyl (C=O) groups excluding carboxylic acids is 1. The fourth-order valence-electron chi connectivity index (χ4n) is 3.96. The molecule has 1 unspecified atom stereocenters. The Morgan fingerprint density at radius 1 is 1.19 bits per heavy atom. The Labute approximate surface area is 156 Å². The highest BCUT2D eigenvalue weighted by Gasteiger charge is 2.43. The minimum atomic E-state index is -4.19. The van der Waals surface area contributed by atoms with Gasteiger partial charge in [-0.15, -0.1) is 10.2 Å². The molecule has 27 heavy (non-hydrogen) atoms. The van der Waals surface area contributed by atoms with Crippen molar-refractivity contribution in [1.82, 2.24) is 20.1 Å². The van der Waals surface area contributed by atoms with E-state index in [0.29, 0.717) is 18.8 Å². The molecule has 6 nitrogen and oxygen atoms in total. The van der Waals surface area contributed by atoms with Crippen molar-refractivity contribution in [3.05, 3.63) is 11.6 Å². The van der Waals surface area contributed by atoms with E-state index < -0.39 is 23.8 Å². The molecule has 9 heteroatoms. The summed E-state index contributed by atoms with van der Waals surface area (Å²) in [6, 6.07) is -0.0296. The maximum Gasteiger partial charge on any atom is 0.407 e. The molecule has 3 rings (SSSR count). The molecule has 1 aliphatic heterocycles. The van der Waals surface area contributed by atoms with Gasteiger partial charge in [-0.3, -0.25) is 0 Å². The molecule has 0 spiro atoms. The van der Waals surface area contributed by atoms with E-state index in [2.05, 4.69) is 15.5 Å². The number of rotatable bonds is 2. The van der Waals surface area contributed by atoms with Crippen LogP contribution in [0.5, 0.6) is 0 Å². The quantitative estimate of drug-likeness (QED) is 0.833. The van der Waals surface area contributed by atoms with E-state index in [4.69, 9.17) is 4.74 Å².